The standard InChI is InChI=1S/C12H15ClFNO/c13-4-7-16-8-6-15-5-3-10-1-2-11(14)9-12(10)15/h1-2,9H,3-8H2. The molecule has 0 saturated heterocycles. The van der Waals surface area contributed by atoms with Crippen LogP contribution in [0.1, 0.15) is 5.56 Å². The van der Waals surface area contributed by atoms with Crippen LogP contribution >= 0.6 is 11.6 Å². The molecule has 0 aliphatic carbocycles. The van der Waals surface area contributed by atoms with Crippen LogP contribution in [0, 0.1) is 5.82 Å². The summed E-state index contributed by atoms with van der Waals surface area (Å²) in [7, 11) is 0. The van der Waals surface area contributed by atoms with Gasteiger partial charge in [-0.2, -0.15) is 0 Å². The fourth-order valence-electron chi connectivity index (χ4n) is 1.98. The normalized spacial score (nSPS) is 14.2. The van der Waals surface area contributed by atoms with Crippen LogP contribution in [0.4, 0.5) is 10.1 Å². The summed E-state index contributed by atoms with van der Waals surface area (Å²) in [6.07, 6.45) is 0.991. The molecule has 16 heavy (non-hydrogen) atoms. The first kappa shape index (κ1) is 11.7. The van der Waals surface area contributed by atoms with Crippen molar-refractivity contribution >= 4 is 17.3 Å². The van der Waals surface area contributed by atoms with E-state index in [1.807, 2.05) is 6.07 Å². The fraction of sp³-hybridized carbons (Fsp3) is 0.500. The second-order valence-electron chi connectivity index (χ2n) is 3.81. The van der Waals surface area contributed by atoms with Crippen molar-refractivity contribution in [3.63, 3.8) is 0 Å². The average molecular weight is 244 g/mol. The second kappa shape index (κ2) is 5.51. The molecular weight excluding hydrogens is 229 g/mol. The van der Waals surface area contributed by atoms with Gasteiger partial charge in [-0.05, 0) is 24.1 Å². The quantitative estimate of drug-likeness (QED) is 0.582. The molecule has 0 fully saturated rings. The van der Waals surface area contributed by atoms with Gasteiger partial charge < -0.3 is 9.64 Å². The molecule has 0 aromatic heterocycles. The largest absolute Gasteiger partial charge is 0.378 e. The summed E-state index contributed by atoms with van der Waals surface area (Å²) >= 11 is 5.51. The van der Waals surface area contributed by atoms with E-state index in [1.165, 1.54) is 11.6 Å². The summed E-state index contributed by atoms with van der Waals surface area (Å²) in [6.45, 7) is 2.96. The third-order valence-corrected chi connectivity index (χ3v) is 2.92. The number of nitrogens with zero attached hydrogens (tertiary/aromatic N) is 1. The first-order chi connectivity index (χ1) is 7.81. The van der Waals surface area contributed by atoms with Gasteiger partial charge in [-0.25, -0.2) is 4.39 Å². The van der Waals surface area contributed by atoms with Crippen LogP contribution in [0.3, 0.4) is 0 Å². The highest BCUT2D eigenvalue weighted by Crippen LogP contribution is 2.28. The molecule has 1 aromatic carbocycles. The molecular formula is C12H15ClFNO. The van der Waals surface area contributed by atoms with Gasteiger partial charge in [-0.3, -0.25) is 0 Å². The molecule has 1 aliphatic heterocycles. The van der Waals surface area contributed by atoms with E-state index < -0.39 is 0 Å². The van der Waals surface area contributed by atoms with E-state index in [1.54, 1.807) is 6.07 Å². The summed E-state index contributed by atoms with van der Waals surface area (Å²) in [4.78, 5) is 2.16. The van der Waals surface area contributed by atoms with Gasteiger partial charge in [0.1, 0.15) is 5.82 Å². The van der Waals surface area contributed by atoms with Gasteiger partial charge in [0.15, 0.2) is 0 Å². The van der Waals surface area contributed by atoms with E-state index >= 15 is 0 Å². The molecule has 1 heterocycles. The van der Waals surface area contributed by atoms with Gasteiger partial charge in [0.25, 0.3) is 0 Å². The molecule has 1 aliphatic rings. The van der Waals surface area contributed by atoms with Crippen molar-refractivity contribution < 1.29 is 9.13 Å². The minimum atomic E-state index is -0.174. The van der Waals surface area contributed by atoms with E-state index in [0.717, 1.165) is 25.2 Å². The monoisotopic (exact) mass is 243 g/mol. The molecule has 0 N–H and O–H groups in total. The molecule has 0 atom stereocenters. The Morgan fingerprint density at radius 2 is 2.25 bits per heavy atom. The van der Waals surface area contributed by atoms with Crippen LogP contribution in [0.2, 0.25) is 0 Å². The maximum Gasteiger partial charge on any atom is 0.125 e. The first-order valence-corrected chi connectivity index (χ1v) is 6.02. The predicted octanol–water partition coefficient (Wildman–Crippen LogP) is 2.44. The first-order valence-electron chi connectivity index (χ1n) is 5.48. The third kappa shape index (κ3) is 2.66. The summed E-state index contributed by atoms with van der Waals surface area (Å²) in [6, 6.07) is 4.99. The maximum absolute atomic E-state index is 13.1. The Bertz CT molecular complexity index is 359. The average Bonchev–Trinajstić information content (AvgIpc) is 2.67. The lowest BCUT2D eigenvalue weighted by atomic mass is 10.2. The summed E-state index contributed by atoms with van der Waals surface area (Å²) in [5, 5.41) is 0. The number of hydrogen-bond acceptors (Lipinski definition) is 2. The molecule has 0 spiro atoms. The Balaban J connectivity index is 1.92. The second-order valence-corrected chi connectivity index (χ2v) is 4.19. The Kier molecular flexibility index (Phi) is 4.02. The molecule has 1 aromatic rings. The molecule has 0 saturated carbocycles. The minimum Gasteiger partial charge on any atom is -0.378 e. The van der Waals surface area contributed by atoms with Crippen LogP contribution in [0.5, 0.6) is 0 Å². The van der Waals surface area contributed by atoms with Crippen LogP contribution in [-0.2, 0) is 11.2 Å². The van der Waals surface area contributed by atoms with E-state index in [4.69, 9.17) is 16.3 Å². The fourth-order valence-corrected chi connectivity index (χ4v) is 2.09. The van der Waals surface area contributed by atoms with Crippen LogP contribution in [0.25, 0.3) is 0 Å². The maximum atomic E-state index is 13.1. The molecule has 2 rings (SSSR count). The van der Waals surface area contributed by atoms with E-state index in [0.29, 0.717) is 19.1 Å². The molecule has 0 amide bonds. The van der Waals surface area contributed by atoms with Crippen molar-refractivity contribution in [3.05, 3.63) is 29.6 Å². The van der Waals surface area contributed by atoms with E-state index in [9.17, 15) is 4.39 Å². The number of anilines is 1. The molecule has 88 valence electrons. The van der Waals surface area contributed by atoms with Crippen molar-refractivity contribution in [1.82, 2.24) is 0 Å². The van der Waals surface area contributed by atoms with Crippen molar-refractivity contribution in [1.29, 1.82) is 0 Å². The van der Waals surface area contributed by atoms with Gasteiger partial charge in [0.2, 0.25) is 0 Å². The molecule has 0 radical (unpaired) electrons. The molecule has 0 bridgehead atoms. The Labute approximate surface area is 100.0 Å². The van der Waals surface area contributed by atoms with Crippen molar-refractivity contribution in [2.45, 2.75) is 6.42 Å². The lowest BCUT2D eigenvalue weighted by Gasteiger charge is -2.19. The van der Waals surface area contributed by atoms with Crippen LogP contribution < -0.4 is 4.90 Å². The van der Waals surface area contributed by atoms with E-state index in [2.05, 4.69) is 4.90 Å². The Hall–Kier alpha value is -0.800. The molecule has 0 unspecified atom stereocenters. The van der Waals surface area contributed by atoms with Gasteiger partial charge in [0.05, 0.1) is 13.2 Å². The van der Waals surface area contributed by atoms with Gasteiger partial charge >= 0.3 is 0 Å². The lowest BCUT2D eigenvalue weighted by molar-refractivity contribution is 0.156. The lowest BCUT2D eigenvalue weighted by Crippen LogP contribution is -2.25. The van der Waals surface area contributed by atoms with Crippen molar-refractivity contribution in [3.8, 4) is 0 Å². The summed E-state index contributed by atoms with van der Waals surface area (Å²) in [5.41, 5.74) is 2.23. The van der Waals surface area contributed by atoms with Gasteiger partial charge in [-0.15, -0.1) is 11.6 Å². The highest BCUT2D eigenvalue weighted by Gasteiger charge is 2.18. The highest BCUT2D eigenvalue weighted by molar-refractivity contribution is 6.17. The zero-order valence-corrected chi connectivity index (χ0v) is 9.84. The molecule has 4 heteroatoms. The van der Waals surface area contributed by atoms with Crippen LogP contribution in [-0.4, -0.2) is 32.2 Å². The summed E-state index contributed by atoms with van der Waals surface area (Å²) in [5.74, 6) is 0.345. The zero-order chi connectivity index (χ0) is 11.4. The number of benzene rings is 1. The Morgan fingerprint density at radius 1 is 1.38 bits per heavy atom. The summed E-state index contributed by atoms with van der Waals surface area (Å²) < 4.78 is 18.4. The number of rotatable bonds is 5. The SMILES string of the molecule is Fc1ccc2c(c1)N(CCOCCCl)CC2. The molecule has 2 nitrogen and oxygen atoms in total. The third-order valence-electron chi connectivity index (χ3n) is 2.77. The number of halogens is 2. The van der Waals surface area contributed by atoms with Crippen LogP contribution in [0.15, 0.2) is 18.2 Å². The number of fused-ring (bicyclic) bond motifs is 1. The van der Waals surface area contributed by atoms with Crippen molar-refractivity contribution in [2.24, 2.45) is 0 Å². The predicted molar refractivity (Wildman–Crippen MR) is 63.9 cm³/mol. The van der Waals surface area contributed by atoms with E-state index in [-0.39, 0.29) is 5.82 Å². The number of alkyl halides is 1. The zero-order valence-electron chi connectivity index (χ0n) is 9.09. The van der Waals surface area contributed by atoms with Gasteiger partial charge in [-0.1, -0.05) is 6.07 Å². The smallest absolute Gasteiger partial charge is 0.125 e. The number of hydrogen-bond donors (Lipinski definition) is 0. The highest BCUT2D eigenvalue weighted by atomic mass is 35.5. The Morgan fingerprint density at radius 3 is 3.06 bits per heavy atom. The minimum absolute atomic E-state index is 0.174. The topological polar surface area (TPSA) is 12.5 Å². The van der Waals surface area contributed by atoms with Gasteiger partial charge in [0, 0.05) is 24.7 Å². The van der Waals surface area contributed by atoms with Crippen molar-refractivity contribution in [2.75, 3.05) is 37.1 Å². The number of ether oxygens (including phenoxy) is 1.